The van der Waals surface area contributed by atoms with Gasteiger partial charge in [0.2, 0.25) is 59.3 Å². The molecule has 135 heavy (non-hydrogen) atoms. The van der Waals surface area contributed by atoms with Crippen LogP contribution in [-0.4, -0.2) is 257 Å². The first kappa shape index (κ1) is 101. The fourth-order valence-electron chi connectivity index (χ4n) is 16.4. The molecule has 47 heteroatoms. The molecule has 42 nitrogen and oxygen atoms in total. The third-order valence-corrected chi connectivity index (χ3v) is 25.0. The van der Waals surface area contributed by atoms with E-state index in [-0.39, 0.29) is 76.7 Å². The molecule has 0 saturated carbocycles. The van der Waals surface area contributed by atoms with Gasteiger partial charge in [-0.25, -0.2) is 4.79 Å². The molecule has 6 aromatic carbocycles. The Hall–Kier alpha value is -11.4. The zero-order chi connectivity index (χ0) is 97.3. The minimum atomic E-state index is -2.41. The van der Waals surface area contributed by atoms with Gasteiger partial charge in [0.1, 0.15) is 101 Å². The van der Waals surface area contributed by atoms with Crippen LogP contribution in [0.1, 0.15) is 117 Å². The van der Waals surface area contributed by atoms with E-state index in [0.29, 0.717) is 56.4 Å². The number of benzene rings is 6. The number of aromatic nitrogens is 2. The number of phenols is 3. The second kappa shape index (κ2) is 44.1. The molecule has 8 aliphatic heterocycles. The smallest absolute Gasteiger partial charge is 0.349 e. The summed E-state index contributed by atoms with van der Waals surface area (Å²) < 4.78 is 46.3. The number of carbonyl (C=O) groups is 9. The molecule has 7 aromatic rings. The predicted octanol–water partition coefficient (Wildman–Crippen LogP) is 1.61. The normalized spacial score (nSPS) is 25.6. The summed E-state index contributed by atoms with van der Waals surface area (Å²) in [6.45, 7) is 9.11. The van der Waals surface area contributed by atoms with Gasteiger partial charge in [0.05, 0.1) is 71.0 Å². The number of halogens is 4. The molecule has 0 aliphatic carbocycles. The lowest BCUT2D eigenvalue weighted by Crippen LogP contribution is -2.65. The number of aliphatic hydroxyl groups excluding tert-OH is 6. The van der Waals surface area contributed by atoms with Gasteiger partial charge >= 0.3 is 5.69 Å². The number of likely N-dealkylation sites (N-methyl/N-ethyl adjacent to an activating group) is 1. The average Bonchev–Trinajstić information content (AvgIpc) is 0.761. The topological polar surface area (TPSA) is 609 Å². The number of nitrogens with one attached hydrogen (secondary N) is 12. The van der Waals surface area contributed by atoms with Gasteiger partial charge in [-0.3, -0.25) is 63.5 Å². The molecule has 724 valence electrons. The summed E-state index contributed by atoms with van der Waals surface area (Å²) >= 11 is 32.2. The maximum atomic E-state index is 16.5. The number of thiocarbonyl (C=S) groups is 1. The van der Waals surface area contributed by atoms with Crippen LogP contribution in [0.3, 0.4) is 0 Å². The molecular formula is C88H102Cl4N16O26S. The molecule has 23 N–H and O–H groups in total. The summed E-state index contributed by atoms with van der Waals surface area (Å²) in [5.74, 6) is -16.1. The molecule has 9 amide bonds. The van der Waals surface area contributed by atoms with E-state index in [1.807, 2.05) is 13.8 Å². The van der Waals surface area contributed by atoms with Crippen molar-refractivity contribution in [1.82, 2.24) is 73.2 Å². The predicted molar refractivity (Wildman–Crippen MR) is 487 cm³/mol. The van der Waals surface area contributed by atoms with E-state index in [4.69, 9.17) is 97.5 Å². The van der Waals surface area contributed by atoms with Crippen molar-refractivity contribution in [3.05, 3.63) is 173 Å². The fourth-order valence-corrected chi connectivity index (χ4v) is 17.3. The SMILES string of the molecule is CN[C@H](CC(C)C)C(=O)N[C@H]1C(=O)N[C@@H](CC(N)=O)C(=O)N[C@H]2C(=O)N[C@H]3C(=O)N[C@H](C(=O)N[C@@H](C(=O)NNC(=S)NCCCN4CCOCC4)c4cc(O)cc(O)c4-c4cc3ccc4O)[C@H](O)c3ccc(c(Cl)c3)Oc3cc2cc(c3O[C@@H]2O[C@H](CO)[C@@H](O)[C@H](O)[C@H]2O[C@H]2C[C@](C)(NCCn3ccc(NC(=O)Cc4ccc(Cl)c(Cl)c4)nc3=O)[C@H](O)[C@H](C)O2)Oc2ccc(cc2Cl)[C@H]1O. The Morgan fingerprint density at radius 3 is 2.01 bits per heavy atom. The van der Waals surface area contributed by atoms with Gasteiger partial charge in [0.15, 0.2) is 29.0 Å². The summed E-state index contributed by atoms with van der Waals surface area (Å²) in [6.07, 6.45) is -17.8. The van der Waals surface area contributed by atoms with Gasteiger partial charge in [-0.15, -0.1) is 0 Å². The van der Waals surface area contributed by atoms with Crippen LogP contribution in [-0.2, 0) is 75.1 Å². The van der Waals surface area contributed by atoms with Crippen molar-refractivity contribution in [2.24, 2.45) is 11.7 Å². The molecule has 1 aromatic heterocycles. The lowest BCUT2D eigenvalue weighted by molar-refractivity contribution is -0.334. The molecule has 0 unspecified atom stereocenters. The van der Waals surface area contributed by atoms with E-state index in [1.165, 1.54) is 55.1 Å². The highest BCUT2D eigenvalue weighted by Crippen LogP contribution is 2.50. The Morgan fingerprint density at radius 2 is 1.36 bits per heavy atom. The quantitative estimate of drug-likeness (QED) is 0.0232. The van der Waals surface area contributed by atoms with Crippen LogP contribution in [0.25, 0.3) is 11.1 Å². The highest BCUT2D eigenvalue weighted by molar-refractivity contribution is 7.80. The number of anilines is 1. The number of hydrogen-bond acceptors (Lipinski definition) is 31. The van der Waals surface area contributed by atoms with E-state index in [2.05, 4.69) is 73.9 Å². The number of ether oxygens (including phenoxy) is 7. The number of nitrogens with zero attached hydrogens (tertiary/aromatic N) is 3. The number of hydrazine groups is 1. The Morgan fingerprint density at radius 1 is 0.696 bits per heavy atom. The maximum absolute atomic E-state index is 16.5. The molecule has 0 spiro atoms. The molecule has 3 fully saturated rings. The second-order valence-electron chi connectivity index (χ2n) is 33.7. The number of aliphatic hydroxyl groups is 6. The third kappa shape index (κ3) is 24.2. The van der Waals surface area contributed by atoms with E-state index < -0.39 is 254 Å². The molecule has 11 bridgehead atoms. The molecular weight excluding hydrogens is 1870 g/mol. The van der Waals surface area contributed by atoms with Crippen molar-refractivity contribution in [1.29, 1.82) is 0 Å². The summed E-state index contributed by atoms with van der Waals surface area (Å²) in [7, 11) is 1.47. The van der Waals surface area contributed by atoms with Gasteiger partial charge in [-0.05, 0) is 165 Å². The van der Waals surface area contributed by atoms with Crippen molar-refractivity contribution in [2.75, 3.05) is 64.9 Å². The van der Waals surface area contributed by atoms with E-state index in [0.717, 1.165) is 66.7 Å². The van der Waals surface area contributed by atoms with Crippen molar-refractivity contribution < 1.29 is 122 Å². The van der Waals surface area contributed by atoms with E-state index >= 15 is 24.0 Å². The van der Waals surface area contributed by atoms with Crippen LogP contribution >= 0.6 is 58.6 Å². The van der Waals surface area contributed by atoms with Gasteiger partial charge in [0, 0.05) is 68.1 Å². The van der Waals surface area contributed by atoms with Gasteiger partial charge < -0.3 is 138 Å². The van der Waals surface area contributed by atoms with Crippen LogP contribution in [0.15, 0.2) is 114 Å². The Kier molecular flexibility index (Phi) is 33.0. The van der Waals surface area contributed by atoms with Crippen LogP contribution in [0.2, 0.25) is 20.1 Å². The van der Waals surface area contributed by atoms with Crippen molar-refractivity contribution in [3.63, 3.8) is 0 Å². The van der Waals surface area contributed by atoms with Crippen LogP contribution in [0.5, 0.6) is 46.0 Å². The number of primary amides is 1. The number of aromatic hydroxyl groups is 3. The van der Waals surface area contributed by atoms with E-state index in [1.54, 1.807) is 13.0 Å². The number of morpholine rings is 1. The molecule has 8 aliphatic rings. The first-order valence-electron chi connectivity index (χ1n) is 42.9. The number of nitrogens with two attached hydrogens (primary N) is 1. The molecule has 9 heterocycles. The number of fused-ring (bicyclic) bond motifs is 15. The number of carbonyl (C=O) groups excluding carboxylic acids is 9. The van der Waals surface area contributed by atoms with Crippen LogP contribution in [0.4, 0.5) is 5.82 Å². The standard InChI is InChI=1S/C88H102Cl4N16O26S/c1-38(2)25-52(94-5)78(120)103-69-71(115)42-9-13-56(50(91)29-42)130-58-31-44-32-59(75(58)134-85-76(74(118)73(117)60(37-109)132-85)133-64-36-88(4,77(119)39(3)129-64)96-17-20-108-19-15-62(99-87(108)127)98-63(114)27-40-7-11-48(89)49(90)26-40)131-57-14-10-43(30-51(57)92)72(116)70-83(125)102-68(84(126)105-106-86(135)95-16-6-18-107-21-23-128-24-22-107)47-33-45(110)34-55(112)65(47)46-28-41(8-12-54(46)111)66(80(122)104-70)101-81(123)67(44)100-79(121)53(35-61(93)113)97-82(69)124/h7-15,19,26,28-34,38-39,52-53,60,64,66-74,76-77,85,94,96,109-112,115-119H,6,16-18,20-25,27,35-37H2,1-5H3,(H2,93,113)(H,97,124)(H,100,121)(H,101,123)(H,102,125)(H,103,120)(H,104,122)(H,105,126)(H2,95,106,135)(H,98,99,114,127)/t39-,52+,53-,60+,64-,66+,67+,68+,69+,70-,71+,72+,73+,74-,76+,77+,85-,88-/m0/s1. The van der Waals surface area contributed by atoms with Gasteiger partial charge in [-0.2, -0.15) is 4.98 Å². The fraction of sp³-hybridized carbons (Fsp3) is 0.432. The van der Waals surface area contributed by atoms with Crippen LogP contribution < -0.4 is 89.7 Å². The minimum absolute atomic E-state index is 0.0444. The summed E-state index contributed by atoms with van der Waals surface area (Å²) in [5, 5.41) is 134. The largest absolute Gasteiger partial charge is 0.508 e. The molecule has 18 atom stereocenters. The Balaban J connectivity index is 0.923. The number of hydrogen-bond donors (Lipinski definition) is 22. The minimum Gasteiger partial charge on any atom is -0.508 e. The lowest BCUT2D eigenvalue weighted by Gasteiger charge is -2.48. The first-order chi connectivity index (χ1) is 64.2. The first-order valence-corrected chi connectivity index (χ1v) is 44.8. The molecule has 0 radical (unpaired) electrons. The molecule has 15 rings (SSSR count). The number of phenolic OH excluding ortho intramolecular Hbond substituents is 3. The summed E-state index contributed by atoms with van der Waals surface area (Å²) in [6, 6.07) is 5.55. The number of amides is 9. The van der Waals surface area contributed by atoms with Crippen molar-refractivity contribution in [3.8, 4) is 57.1 Å². The monoisotopic (exact) mass is 1970 g/mol. The number of rotatable bonds is 24. The Bertz CT molecular complexity index is 5710. The van der Waals surface area contributed by atoms with Gasteiger partial charge in [-0.1, -0.05) is 84.5 Å². The van der Waals surface area contributed by atoms with E-state index in [9.17, 15) is 69.9 Å². The zero-order valence-corrected chi connectivity index (χ0v) is 76.8. The highest BCUT2D eigenvalue weighted by atomic mass is 35.5. The summed E-state index contributed by atoms with van der Waals surface area (Å²) in [5.41, 5.74) is 6.43. The zero-order valence-electron chi connectivity index (χ0n) is 73.0. The van der Waals surface area contributed by atoms with Crippen molar-refractivity contribution in [2.45, 2.75) is 176 Å². The highest BCUT2D eigenvalue weighted by Gasteiger charge is 2.53. The maximum Gasteiger partial charge on any atom is 0.349 e. The van der Waals surface area contributed by atoms with Gasteiger partial charge in [0.25, 0.3) is 5.91 Å². The Labute approximate surface area is 796 Å². The molecule has 3 saturated heterocycles. The van der Waals surface area contributed by atoms with Crippen molar-refractivity contribution >= 4 is 123 Å². The second-order valence-corrected chi connectivity index (χ2v) is 35.7. The average molecular weight is 1970 g/mol. The lowest BCUT2D eigenvalue weighted by atomic mass is 9.85. The summed E-state index contributed by atoms with van der Waals surface area (Å²) in [4.78, 5) is 154. The third-order valence-electron chi connectivity index (χ3n) is 23.5. The van der Waals surface area contributed by atoms with Crippen LogP contribution in [0, 0.1) is 5.92 Å².